The van der Waals surface area contributed by atoms with Crippen LogP contribution in [-0.2, 0) is 20.9 Å². The third-order valence-corrected chi connectivity index (χ3v) is 5.72. The summed E-state index contributed by atoms with van der Waals surface area (Å²) in [5, 5.41) is 19.3. The molecule has 198 valence electrons. The SMILES string of the molecule is CC(C)(C)OC(c1ccc(NC(=O)c2csc(NC(=O)NCc3ccccc3)n2)cc1)C(N=C=O)C(=O)O. The predicted octanol–water partition coefficient (Wildman–Crippen LogP) is 4.36. The minimum atomic E-state index is -1.49. The van der Waals surface area contributed by atoms with Gasteiger partial charge in [-0.1, -0.05) is 42.5 Å². The molecule has 1 aromatic heterocycles. The number of urea groups is 1. The lowest BCUT2D eigenvalue weighted by atomic mass is 10.0. The molecule has 0 bridgehead atoms. The number of ether oxygens (including phenoxy) is 1. The van der Waals surface area contributed by atoms with Gasteiger partial charge in [-0.15, -0.1) is 11.3 Å². The second-order valence-electron chi connectivity index (χ2n) is 9.06. The molecule has 0 radical (unpaired) electrons. The largest absolute Gasteiger partial charge is 0.480 e. The second kappa shape index (κ2) is 12.7. The quantitative estimate of drug-likeness (QED) is 0.221. The number of carbonyl (C=O) groups excluding carboxylic acids is 3. The smallest absolute Gasteiger partial charge is 0.332 e. The highest BCUT2D eigenvalue weighted by Gasteiger charge is 2.33. The summed E-state index contributed by atoms with van der Waals surface area (Å²) in [5.41, 5.74) is 1.20. The number of nitrogens with one attached hydrogen (secondary N) is 3. The summed E-state index contributed by atoms with van der Waals surface area (Å²) in [7, 11) is 0. The third kappa shape index (κ3) is 8.34. The highest BCUT2D eigenvalue weighted by atomic mass is 32.1. The van der Waals surface area contributed by atoms with E-state index >= 15 is 0 Å². The van der Waals surface area contributed by atoms with Gasteiger partial charge in [0.05, 0.1) is 5.60 Å². The van der Waals surface area contributed by atoms with E-state index in [0.717, 1.165) is 16.9 Å². The zero-order chi connectivity index (χ0) is 27.7. The van der Waals surface area contributed by atoms with E-state index in [1.54, 1.807) is 45.0 Å². The Kier molecular flexibility index (Phi) is 9.44. The van der Waals surface area contributed by atoms with Gasteiger partial charge in [-0.25, -0.2) is 19.4 Å². The number of hydrogen-bond donors (Lipinski definition) is 4. The Balaban J connectivity index is 1.63. The van der Waals surface area contributed by atoms with Gasteiger partial charge in [0.25, 0.3) is 5.91 Å². The van der Waals surface area contributed by atoms with E-state index in [4.69, 9.17) is 4.74 Å². The molecular formula is C26H27N5O6S. The van der Waals surface area contributed by atoms with Gasteiger partial charge in [0.15, 0.2) is 11.2 Å². The van der Waals surface area contributed by atoms with Crippen molar-refractivity contribution in [2.75, 3.05) is 10.6 Å². The highest BCUT2D eigenvalue weighted by Crippen LogP contribution is 2.30. The van der Waals surface area contributed by atoms with Crippen molar-refractivity contribution in [3.63, 3.8) is 0 Å². The fourth-order valence-electron chi connectivity index (χ4n) is 3.31. The first-order valence-corrected chi connectivity index (χ1v) is 12.4. The maximum Gasteiger partial charge on any atom is 0.332 e. The van der Waals surface area contributed by atoms with Gasteiger partial charge < -0.3 is 20.5 Å². The summed E-state index contributed by atoms with van der Waals surface area (Å²) >= 11 is 1.10. The van der Waals surface area contributed by atoms with Crippen LogP contribution in [0.3, 0.4) is 0 Å². The fourth-order valence-corrected chi connectivity index (χ4v) is 4.00. The number of carbonyl (C=O) groups is 3. The Morgan fingerprint density at radius 3 is 2.37 bits per heavy atom. The molecule has 3 aromatic rings. The van der Waals surface area contributed by atoms with Crippen LogP contribution in [0, 0.1) is 0 Å². The first-order valence-electron chi connectivity index (χ1n) is 11.5. The van der Waals surface area contributed by atoms with Crippen molar-refractivity contribution in [3.05, 3.63) is 76.8 Å². The number of aliphatic carboxylic acids is 1. The first-order chi connectivity index (χ1) is 18.1. The van der Waals surface area contributed by atoms with E-state index in [1.165, 1.54) is 11.5 Å². The van der Waals surface area contributed by atoms with Crippen LogP contribution in [-0.4, -0.2) is 45.7 Å². The van der Waals surface area contributed by atoms with Crippen molar-refractivity contribution < 1.29 is 29.0 Å². The molecule has 0 saturated carbocycles. The van der Waals surface area contributed by atoms with Gasteiger partial charge in [-0.05, 0) is 44.0 Å². The molecule has 0 aliphatic heterocycles. The van der Waals surface area contributed by atoms with Crippen LogP contribution >= 0.6 is 11.3 Å². The standard InChI is InChI=1S/C26H27N5O6S/c1-26(2,3)37-21(20(23(34)35)28-15-32)17-9-11-18(12-10-17)29-22(33)19-14-38-25(30-19)31-24(36)27-13-16-7-5-4-6-8-16/h4-12,14,20-21H,13H2,1-3H3,(H,29,33)(H,34,35)(H2,27,30,31,36). The van der Waals surface area contributed by atoms with Crippen LogP contribution < -0.4 is 16.0 Å². The van der Waals surface area contributed by atoms with Crippen molar-refractivity contribution in [3.8, 4) is 0 Å². The number of thiazole rings is 1. The Bertz CT molecular complexity index is 1310. The number of isocyanates is 1. The van der Waals surface area contributed by atoms with Crippen molar-refractivity contribution in [1.29, 1.82) is 0 Å². The molecule has 38 heavy (non-hydrogen) atoms. The maximum absolute atomic E-state index is 12.7. The Hall–Kier alpha value is -4.38. The Morgan fingerprint density at radius 1 is 1.08 bits per heavy atom. The van der Waals surface area contributed by atoms with Gasteiger partial charge in [-0.2, -0.15) is 4.99 Å². The molecule has 2 aromatic carbocycles. The molecule has 0 aliphatic rings. The molecule has 1 heterocycles. The lowest BCUT2D eigenvalue weighted by Gasteiger charge is -2.29. The summed E-state index contributed by atoms with van der Waals surface area (Å²) in [6, 6.07) is 13.8. The summed E-state index contributed by atoms with van der Waals surface area (Å²) in [6.45, 7) is 5.60. The van der Waals surface area contributed by atoms with E-state index < -0.39 is 35.7 Å². The molecule has 12 heteroatoms. The van der Waals surface area contributed by atoms with E-state index in [1.807, 2.05) is 30.3 Å². The van der Waals surface area contributed by atoms with Crippen LogP contribution in [0.4, 0.5) is 15.6 Å². The number of aliphatic imine (C=N–C) groups is 1. The Morgan fingerprint density at radius 2 is 1.76 bits per heavy atom. The number of carboxylic acids is 1. The van der Waals surface area contributed by atoms with Gasteiger partial charge >= 0.3 is 12.0 Å². The average molecular weight is 538 g/mol. The van der Waals surface area contributed by atoms with Crippen LogP contribution in [0.25, 0.3) is 0 Å². The summed E-state index contributed by atoms with van der Waals surface area (Å²) in [6.07, 6.45) is 0.233. The van der Waals surface area contributed by atoms with Crippen LogP contribution in [0.1, 0.15) is 48.5 Å². The molecule has 3 amide bonds. The second-order valence-corrected chi connectivity index (χ2v) is 9.92. The van der Waals surface area contributed by atoms with E-state index in [-0.39, 0.29) is 10.8 Å². The normalized spacial score (nSPS) is 12.5. The zero-order valence-corrected chi connectivity index (χ0v) is 21.7. The van der Waals surface area contributed by atoms with Crippen molar-refractivity contribution in [1.82, 2.24) is 10.3 Å². The summed E-state index contributed by atoms with van der Waals surface area (Å²) in [4.78, 5) is 54.8. The van der Waals surface area contributed by atoms with Crippen LogP contribution in [0.2, 0.25) is 0 Å². The fraction of sp³-hybridized carbons (Fsp3) is 0.269. The molecule has 0 fully saturated rings. The van der Waals surface area contributed by atoms with Gasteiger partial charge in [0, 0.05) is 17.6 Å². The summed E-state index contributed by atoms with van der Waals surface area (Å²) < 4.78 is 5.88. The number of nitrogens with zero attached hydrogens (tertiary/aromatic N) is 2. The number of hydrogen-bond acceptors (Lipinski definition) is 8. The zero-order valence-electron chi connectivity index (χ0n) is 20.9. The maximum atomic E-state index is 12.7. The number of carboxylic acid groups (broad SMARTS) is 1. The van der Waals surface area contributed by atoms with Gasteiger partial charge in [-0.3, -0.25) is 10.1 Å². The molecule has 0 spiro atoms. The average Bonchev–Trinajstić information content (AvgIpc) is 3.34. The van der Waals surface area contributed by atoms with Crippen molar-refractivity contribution in [2.45, 2.75) is 45.1 Å². The minimum absolute atomic E-state index is 0.109. The molecule has 2 atom stereocenters. The highest BCUT2D eigenvalue weighted by molar-refractivity contribution is 7.14. The number of rotatable bonds is 10. The molecule has 0 aliphatic carbocycles. The molecule has 3 rings (SSSR count). The first kappa shape index (κ1) is 28.2. The summed E-state index contributed by atoms with van der Waals surface area (Å²) in [5.74, 6) is -1.83. The van der Waals surface area contributed by atoms with Crippen LogP contribution in [0.15, 0.2) is 65.0 Å². The van der Waals surface area contributed by atoms with Gasteiger partial charge in [0.1, 0.15) is 11.8 Å². The van der Waals surface area contributed by atoms with Crippen molar-refractivity contribution >= 4 is 46.1 Å². The number of benzene rings is 2. The molecular weight excluding hydrogens is 510 g/mol. The number of aromatic nitrogens is 1. The van der Waals surface area contributed by atoms with Gasteiger partial charge in [0.2, 0.25) is 6.08 Å². The van der Waals surface area contributed by atoms with Crippen molar-refractivity contribution in [2.24, 2.45) is 4.99 Å². The third-order valence-electron chi connectivity index (χ3n) is 4.96. The Labute approximate surface area is 223 Å². The molecule has 4 N–H and O–H groups in total. The number of anilines is 2. The minimum Gasteiger partial charge on any atom is -0.480 e. The predicted molar refractivity (Wildman–Crippen MR) is 142 cm³/mol. The lowest BCUT2D eigenvalue weighted by Crippen LogP contribution is -2.33. The number of amides is 3. The molecule has 11 nitrogen and oxygen atoms in total. The topological polar surface area (TPSA) is 159 Å². The van der Waals surface area contributed by atoms with Crippen LogP contribution in [0.5, 0.6) is 0 Å². The lowest BCUT2D eigenvalue weighted by molar-refractivity contribution is -0.146. The molecule has 2 unspecified atom stereocenters. The van der Waals surface area contributed by atoms with E-state index in [2.05, 4.69) is 25.9 Å². The monoisotopic (exact) mass is 537 g/mol. The van der Waals surface area contributed by atoms with E-state index in [0.29, 0.717) is 17.8 Å². The van der Waals surface area contributed by atoms with E-state index in [9.17, 15) is 24.3 Å². The molecule has 0 saturated heterocycles.